The lowest BCUT2D eigenvalue weighted by atomic mass is 9.93. The number of ether oxygens (including phenoxy) is 1. The maximum absolute atomic E-state index is 12.9. The second kappa shape index (κ2) is 5.81. The van der Waals surface area contributed by atoms with Gasteiger partial charge in [-0.15, -0.1) is 0 Å². The zero-order chi connectivity index (χ0) is 15.8. The van der Waals surface area contributed by atoms with Gasteiger partial charge in [0.1, 0.15) is 5.82 Å². The van der Waals surface area contributed by atoms with Crippen molar-refractivity contribution in [3.05, 3.63) is 36.2 Å². The Morgan fingerprint density at radius 3 is 2.96 bits per heavy atom. The molecule has 122 valence electrons. The second-order valence-electron chi connectivity index (χ2n) is 6.33. The van der Waals surface area contributed by atoms with Crippen LogP contribution in [0.15, 0.2) is 24.8 Å². The minimum Gasteiger partial charge on any atom is -0.380 e. The number of nitrogens with one attached hydrogen (secondary N) is 1. The molecule has 2 atom stereocenters. The molecule has 23 heavy (non-hydrogen) atoms. The Balaban J connectivity index is 1.56. The summed E-state index contributed by atoms with van der Waals surface area (Å²) >= 11 is 0. The van der Waals surface area contributed by atoms with Gasteiger partial charge in [-0.25, -0.2) is 4.98 Å². The number of rotatable bonds is 4. The van der Waals surface area contributed by atoms with Crippen molar-refractivity contribution >= 4 is 5.91 Å². The third-order valence-electron chi connectivity index (χ3n) is 4.99. The van der Waals surface area contributed by atoms with Crippen LogP contribution in [0.4, 0.5) is 0 Å². The molecule has 4 rings (SSSR count). The molecular weight excluding hydrogens is 294 g/mol. The number of amides is 1. The van der Waals surface area contributed by atoms with Gasteiger partial charge in [0.25, 0.3) is 5.91 Å². The van der Waals surface area contributed by atoms with Crippen molar-refractivity contribution in [2.24, 2.45) is 0 Å². The Bertz CT molecular complexity index is 676. The van der Waals surface area contributed by atoms with Crippen LogP contribution in [-0.2, 0) is 4.74 Å². The van der Waals surface area contributed by atoms with E-state index in [4.69, 9.17) is 4.74 Å². The molecule has 7 nitrogen and oxygen atoms in total. The number of carbonyl (C=O) groups excluding carboxylic acids is 1. The smallest absolute Gasteiger partial charge is 0.257 e. The van der Waals surface area contributed by atoms with Crippen LogP contribution in [0.2, 0.25) is 0 Å². The zero-order valence-electron chi connectivity index (χ0n) is 13.2. The molecule has 0 unspecified atom stereocenters. The molecule has 1 aliphatic carbocycles. The summed E-state index contributed by atoms with van der Waals surface area (Å²) in [6, 6.07) is 0.386. The first kappa shape index (κ1) is 14.4. The number of imidazole rings is 1. The highest BCUT2D eigenvalue weighted by molar-refractivity contribution is 5.94. The predicted octanol–water partition coefficient (Wildman–Crippen LogP) is 1.93. The molecule has 0 spiro atoms. The normalized spacial score (nSPS) is 24.8. The molecule has 0 aromatic carbocycles. The molecule has 0 radical (unpaired) electrons. The fourth-order valence-electron chi connectivity index (χ4n) is 3.38. The van der Waals surface area contributed by atoms with Crippen molar-refractivity contribution < 1.29 is 9.53 Å². The minimum atomic E-state index is -0.0745. The standard InChI is InChI=1S/C16H21N5O2/c1-23-13-7-14(15-17-5-6-18-15)20(10-13)16(22)11-8-19-21(9-11)12-3-2-4-12/h5-6,8-9,12-14H,2-4,7,10H2,1H3,(H,17,18)/t13-,14+/m1/s1. The lowest BCUT2D eigenvalue weighted by molar-refractivity contribution is 0.0684. The van der Waals surface area contributed by atoms with Crippen molar-refractivity contribution in [3.8, 4) is 0 Å². The van der Waals surface area contributed by atoms with Crippen LogP contribution in [0, 0.1) is 0 Å². The highest BCUT2D eigenvalue weighted by Crippen LogP contribution is 2.34. The summed E-state index contributed by atoms with van der Waals surface area (Å²) in [7, 11) is 1.69. The van der Waals surface area contributed by atoms with Crippen LogP contribution in [0.3, 0.4) is 0 Å². The number of aromatic amines is 1. The minimum absolute atomic E-state index is 0.00322. The average molecular weight is 315 g/mol. The number of methoxy groups -OCH3 is 1. The van der Waals surface area contributed by atoms with E-state index in [9.17, 15) is 4.79 Å². The third kappa shape index (κ3) is 2.55. The fraction of sp³-hybridized carbons (Fsp3) is 0.562. The SMILES string of the molecule is CO[C@@H]1C[C@@H](c2ncc[nH]2)N(C(=O)c2cnn(C3CCC3)c2)C1. The lowest BCUT2D eigenvalue weighted by Gasteiger charge is -2.25. The number of H-pyrrole nitrogens is 1. The molecule has 2 aromatic rings. The van der Waals surface area contributed by atoms with Crippen molar-refractivity contribution in [2.45, 2.75) is 43.9 Å². The molecule has 1 N–H and O–H groups in total. The summed E-state index contributed by atoms with van der Waals surface area (Å²) in [6.07, 6.45) is 11.4. The molecule has 1 aliphatic heterocycles. The van der Waals surface area contributed by atoms with E-state index in [0.717, 1.165) is 25.1 Å². The van der Waals surface area contributed by atoms with Gasteiger partial charge in [0.05, 0.1) is 29.9 Å². The topological polar surface area (TPSA) is 76.0 Å². The Morgan fingerprint density at radius 2 is 2.30 bits per heavy atom. The highest BCUT2D eigenvalue weighted by Gasteiger charge is 2.38. The molecule has 2 fully saturated rings. The van der Waals surface area contributed by atoms with Gasteiger partial charge < -0.3 is 14.6 Å². The molecule has 0 bridgehead atoms. The number of carbonyl (C=O) groups is 1. The van der Waals surface area contributed by atoms with E-state index in [0.29, 0.717) is 18.2 Å². The molecule has 3 heterocycles. The van der Waals surface area contributed by atoms with Crippen molar-refractivity contribution in [1.29, 1.82) is 0 Å². The first-order valence-corrected chi connectivity index (χ1v) is 8.13. The summed E-state index contributed by atoms with van der Waals surface area (Å²) in [6.45, 7) is 0.579. The van der Waals surface area contributed by atoms with Crippen LogP contribution in [0.5, 0.6) is 0 Å². The quantitative estimate of drug-likeness (QED) is 0.935. The Morgan fingerprint density at radius 1 is 1.43 bits per heavy atom. The average Bonchev–Trinajstić information content (AvgIpc) is 3.24. The molecule has 2 aliphatic rings. The van der Waals surface area contributed by atoms with Gasteiger partial charge >= 0.3 is 0 Å². The van der Waals surface area contributed by atoms with E-state index in [1.807, 2.05) is 15.8 Å². The third-order valence-corrected chi connectivity index (χ3v) is 4.99. The van der Waals surface area contributed by atoms with Crippen LogP contribution in [0.1, 0.15) is 53.9 Å². The number of hydrogen-bond donors (Lipinski definition) is 1. The van der Waals surface area contributed by atoms with Gasteiger partial charge in [-0.1, -0.05) is 0 Å². The number of nitrogens with zero attached hydrogens (tertiary/aromatic N) is 4. The van der Waals surface area contributed by atoms with E-state index in [2.05, 4.69) is 15.1 Å². The fourth-order valence-corrected chi connectivity index (χ4v) is 3.38. The van der Waals surface area contributed by atoms with Gasteiger partial charge in [-0.05, 0) is 19.3 Å². The first-order chi connectivity index (χ1) is 11.3. The van der Waals surface area contributed by atoms with Crippen molar-refractivity contribution in [1.82, 2.24) is 24.6 Å². The summed E-state index contributed by atoms with van der Waals surface area (Å²) in [5.74, 6) is 0.806. The van der Waals surface area contributed by atoms with E-state index in [-0.39, 0.29) is 18.1 Å². The van der Waals surface area contributed by atoms with Crippen LogP contribution in [0.25, 0.3) is 0 Å². The van der Waals surface area contributed by atoms with Crippen LogP contribution in [-0.4, -0.2) is 50.3 Å². The zero-order valence-corrected chi connectivity index (χ0v) is 13.2. The summed E-state index contributed by atoms with van der Waals surface area (Å²) in [4.78, 5) is 22.2. The second-order valence-corrected chi connectivity index (χ2v) is 6.33. The molecule has 2 aromatic heterocycles. The van der Waals surface area contributed by atoms with Gasteiger partial charge in [-0.3, -0.25) is 9.48 Å². The Hall–Kier alpha value is -2.15. The van der Waals surface area contributed by atoms with E-state index in [1.165, 1.54) is 6.42 Å². The van der Waals surface area contributed by atoms with E-state index < -0.39 is 0 Å². The maximum Gasteiger partial charge on any atom is 0.257 e. The lowest BCUT2D eigenvalue weighted by Crippen LogP contribution is -2.32. The van der Waals surface area contributed by atoms with Gasteiger partial charge in [0, 0.05) is 38.7 Å². The van der Waals surface area contributed by atoms with Gasteiger partial charge in [0.2, 0.25) is 0 Å². The maximum atomic E-state index is 12.9. The number of likely N-dealkylation sites (tertiary alicyclic amines) is 1. The molecule has 1 saturated carbocycles. The highest BCUT2D eigenvalue weighted by atomic mass is 16.5. The number of hydrogen-bond acceptors (Lipinski definition) is 4. The largest absolute Gasteiger partial charge is 0.380 e. The summed E-state index contributed by atoms with van der Waals surface area (Å²) in [5.41, 5.74) is 0.644. The number of aromatic nitrogens is 4. The molecule has 1 amide bonds. The van der Waals surface area contributed by atoms with Gasteiger partial charge in [0.15, 0.2) is 0 Å². The first-order valence-electron chi connectivity index (χ1n) is 8.13. The molecule has 7 heteroatoms. The Kier molecular flexibility index (Phi) is 3.65. The van der Waals surface area contributed by atoms with Gasteiger partial charge in [-0.2, -0.15) is 5.10 Å². The van der Waals surface area contributed by atoms with Crippen LogP contribution >= 0.6 is 0 Å². The Labute approximate surface area is 134 Å². The van der Waals surface area contributed by atoms with E-state index in [1.54, 1.807) is 25.7 Å². The predicted molar refractivity (Wildman–Crippen MR) is 82.9 cm³/mol. The summed E-state index contributed by atoms with van der Waals surface area (Å²) in [5, 5.41) is 4.37. The molecule has 1 saturated heterocycles. The van der Waals surface area contributed by atoms with Crippen LogP contribution < -0.4 is 0 Å². The molecular formula is C16H21N5O2. The summed E-state index contributed by atoms with van der Waals surface area (Å²) < 4.78 is 7.40. The monoisotopic (exact) mass is 315 g/mol. The van der Waals surface area contributed by atoms with Crippen molar-refractivity contribution in [3.63, 3.8) is 0 Å². The van der Waals surface area contributed by atoms with Crippen molar-refractivity contribution in [2.75, 3.05) is 13.7 Å². The van der Waals surface area contributed by atoms with E-state index >= 15 is 0 Å².